The first-order valence-corrected chi connectivity index (χ1v) is 7.70. The van der Waals surface area contributed by atoms with Gasteiger partial charge in [0.1, 0.15) is 11.6 Å². The molecule has 2 unspecified atom stereocenters. The number of hydrogen-bond donors (Lipinski definition) is 1. The first-order valence-electron chi connectivity index (χ1n) is 7.70. The molecule has 0 radical (unpaired) electrons. The van der Waals surface area contributed by atoms with Crippen molar-refractivity contribution in [1.29, 1.82) is 0 Å². The molecule has 0 aromatic heterocycles. The van der Waals surface area contributed by atoms with Crippen LogP contribution in [0.15, 0.2) is 18.2 Å². The van der Waals surface area contributed by atoms with Gasteiger partial charge in [-0.1, -0.05) is 13.0 Å². The van der Waals surface area contributed by atoms with Crippen LogP contribution >= 0.6 is 0 Å². The van der Waals surface area contributed by atoms with Gasteiger partial charge < -0.3 is 5.73 Å². The van der Waals surface area contributed by atoms with Gasteiger partial charge in [-0.3, -0.25) is 9.80 Å². The second-order valence-corrected chi connectivity index (χ2v) is 5.72. The average Bonchev–Trinajstić information content (AvgIpc) is 2.50. The van der Waals surface area contributed by atoms with Crippen molar-refractivity contribution in [3.8, 4) is 0 Å². The summed E-state index contributed by atoms with van der Waals surface area (Å²) < 4.78 is 27.9. The van der Waals surface area contributed by atoms with Crippen LogP contribution in [0, 0.1) is 11.6 Å². The Morgan fingerprint density at radius 2 is 1.62 bits per heavy atom. The smallest absolute Gasteiger partial charge is 0.130 e. The molecule has 2 N–H and O–H groups in total. The highest BCUT2D eigenvalue weighted by Gasteiger charge is 2.29. The number of rotatable bonds is 5. The van der Waals surface area contributed by atoms with Crippen molar-refractivity contribution < 1.29 is 8.78 Å². The molecule has 3 nitrogen and oxygen atoms in total. The summed E-state index contributed by atoms with van der Waals surface area (Å²) in [6.07, 6.45) is 1.11. The number of nitrogens with two attached hydrogens (primary N) is 1. The zero-order chi connectivity index (χ0) is 15.4. The van der Waals surface area contributed by atoms with E-state index in [1.807, 2.05) is 0 Å². The van der Waals surface area contributed by atoms with Gasteiger partial charge in [0.2, 0.25) is 0 Å². The first kappa shape index (κ1) is 16.3. The quantitative estimate of drug-likeness (QED) is 0.906. The van der Waals surface area contributed by atoms with Crippen molar-refractivity contribution in [1.82, 2.24) is 9.80 Å². The van der Waals surface area contributed by atoms with Crippen LogP contribution < -0.4 is 5.73 Å². The number of nitrogens with zero attached hydrogens (tertiary/aromatic N) is 2. The minimum Gasteiger partial charge on any atom is -0.329 e. The molecule has 1 aromatic rings. The van der Waals surface area contributed by atoms with Gasteiger partial charge in [-0.2, -0.15) is 0 Å². The lowest BCUT2D eigenvalue weighted by molar-refractivity contribution is 0.0721. The van der Waals surface area contributed by atoms with Crippen LogP contribution in [0.4, 0.5) is 8.78 Å². The van der Waals surface area contributed by atoms with Crippen molar-refractivity contribution in [2.45, 2.75) is 32.4 Å². The lowest BCUT2D eigenvalue weighted by Crippen LogP contribution is -2.51. The topological polar surface area (TPSA) is 32.5 Å². The van der Waals surface area contributed by atoms with Crippen LogP contribution in [0.25, 0.3) is 0 Å². The SMILES string of the molecule is CCC(C)N1CCN(C(CN)c2c(F)cccc2F)CC1. The van der Waals surface area contributed by atoms with Gasteiger partial charge in [0, 0.05) is 44.3 Å². The fourth-order valence-corrected chi connectivity index (χ4v) is 3.03. The highest BCUT2D eigenvalue weighted by atomic mass is 19.1. The number of piperazine rings is 1. The van der Waals surface area contributed by atoms with Crippen LogP contribution in [0.1, 0.15) is 31.9 Å². The largest absolute Gasteiger partial charge is 0.329 e. The Bertz CT molecular complexity index is 439. The van der Waals surface area contributed by atoms with Gasteiger partial charge in [-0.05, 0) is 25.5 Å². The van der Waals surface area contributed by atoms with E-state index >= 15 is 0 Å². The summed E-state index contributed by atoms with van der Waals surface area (Å²) in [5.41, 5.74) is 5.91. The molecule has 1 fully saturated rings. The predicted octanol–water partition coefficient (Wildman–Crippen LogP) is 2.38. The third-order valence-corrected chi connectivity index (χ3v) is 4.56. The third kappa shape index (κ3) is 3.59. The molecule has 1 heterocycles. The van der Waals surface area contributed by atoms with E-state index in [2.05, 4.69) is 23.6 Å². The Balaban J connectivity index is 2.10. The average molecular weight is 297 g/mol. The van der Waals surface area contributed by atoms with Crippen LogP contribution in [-0.2, 0) is 0 Å². The molecule has 21 heavy (non-hydrogen) atoms. The van der Waals surface area contributed by atoms with E-state index in [-0.39, 0.29) is 18.2 Å². The van der Waals surface area contributed by atoms with Gasteiger partial charge in [0.15, 0.2) is 0 Å². The number of benzene rings is 1. The van der Waals surface area contributed by atoms with Gasteiger partial charge in [0.25, 0.3) is 0 Å². The van der Waals surface area contributed by atoms with E-state index in [0.717, 1.165) is 32.6 Å². The summed E-state index contributed by atoms with van der Waals surface area (Å²) in [5, 5.41) is 0. The molecule has 2 rings (SSSR count). The molecule has 0 spiro atoms. The molecule has 118 valence electrons. The van der Waals surface area contributed by atoms with E-state index in [4.69, 9.17) is 5.73 Å². The molecule has 1 saturated heterocycles. The predicted molar refractivity (Wildman–Crippen MR) is 81.1 cm³/mol. The van der Waals surface area contributed by atoms with Crippen molar-refractivity contribution in [2.75, 3.05) is 32.7 Å². The molecular weight excluding hydrogens is 272 g/mol. The minimum atomic E-state index is -0.505. The molecule has 1 aliphatic heterocycles. The monoisotopic (exact) mass is 297 g/mol. The van der Waals surface area contributed by atoms with Gasteiger partial charge in [0.05, 0.1) is 6.04 Å². The van der Waals surface area contributed by atoms with Gasteiger partial charge in [-0.15, -0.1) is 0 Å². The summed E-state index contributed by atoms with van der Waals surface area (Å²) >= 11 is 0. The summed E-state index contributed by atoms with van der Waals surface area (Å²) in [6, 6.07) is 4.16. The lowest BCUT2D eigenvalue weighted by atomic mass is 10.0. The highest BCUT2D eigenvalue weighted by molar-refractivity contribution is 5.24. The Kier molecular flexibility index (Phi) is 5.67. The van der Waals surface area contributed by atoms with Crippen LogP contribution in [0.5, 0.6) is 0 Å². The van der Waals surface area contributed by atoms with E-state index in [1.165, 1.54) is 18.2 Å². The molecule has 0 saturated carbocycles. The standard InChI is InChI=1S/C16H25F2N3/c1-3-12(2)20-7-9-21(10-8-20)15(11-19)16-13(17)5-4-6-14(16)18/h4-6,12,15H,3,7-11,19H2,1-2H3. The van der Waals surface area contributed by atoms with Gasteiger partial charge >= 0.3 is 0 Å². The van der Waals surface area contributed by atoms with Crippen molar-refractivity contribution in [3.63, 3.8) is 0 Å². The fourth-order valence-electron chi connectivity index (χ4n) is 3.03. The molecule has 0 amide bonds. The summed E-state index contributed by atoms with van der Waals surface area (Å²) in [5.74, 6) is -1.01. The maximum absolute atomic E-state index is 14.0. The molecule has 5 heteroatoms. The normalized spacial score (nSPS) is 20.4. The highest BCUT2D eigenvalue weighted by Crippen LogP contribution is 2.26. The first-order chi connectivity index (χ1) is 10.1. The van der Waals surface area contributed by atoms with E-state index < -0.39 is 11.6 Å². The van der Waals surface area contributed by atoms with E-state index in [9.17, 15) is 8.78 Å². The molecule has 0 aliphatic carbocycles. The summed E-state index contributed by atoms with van der Waals surface area (Å²) in [4.78, 5) is 4.52. The Morgan fingerprint density at radius 1 is 1.10 bits per heavy atom. The van der Waals surface area contributed by atoms with Crippen LogP contribution in [0.2, 0.25) is 0 Å². The van der Waals surface area contributed by atoms with Crippen molar-refractivity contribution >= 4 is 0 Å². The van der Waals surface area contributed by atoms with Crippen molar-refractivity contribution in [2.24, 2.45) is 5.73 Å². The zero-order valence-corrected chi connectivity index (χ0v) is 12.9. The molecular formula is C16H25F2N3. The second-order valence-electron chi connectivity index (χ2n) is 5.72. The second kappa shape index (κ2) is 7.29. The third-order valence-electron chi connectivity index (χ3n) is 4.56. The fraction of sp³-hybridized carbons (Fsp3) is 0.625. The maximum atomic E-state index is 14.0. The lowest BCUT2D eigenvalue weighted by Gasteiger charge is -2.41. The number of halogens is 2. The van der Waals surface area contributed by atoms with Crippen LogP contribution in [-0.4, -0.2) is 48.6 Å². The number of hydrogen-bond acceptors (Lipinski definition) is 3. The Morgan fingerprint density at radius 3 is 2.10 bits per heavy atom. The van der Waals surface area contributed by atoms with Gasteiger partial charge in [-0.25, -0.2) is 8.78 Å². The van der Waals surface area contributed by atoms with E-state index in [0.29, 0.717) is 6.04 Å². The maximum Gasteiger partial charge on any atom is 0.130 e. The van der Waals surface area contributed by atoms with E-state index in [1.54, 1.807) is 0 Å². The molecule has 1 aliphatic rings. The van der Waals surface area contributed by atoms with Crippen LogP contribution in [0.3, 0.4) is 0 Å². The molecule has 0 bridgehead atoms. The Labute approximate surface area is 125 Å². The summed E-state index contributed by atoms with van der Waals surface area (Å²) in [7, 11) is 0. The Hall–Kier alpha value is -1.04. The minimum absolute atomic E-state index is 0.108. The molecule has 2 atom stereocenters. The zero-order valence-electron chi connectivity index (χ0n) is 12.9. The summed E-state index contributed by atoms with van der Waals surface area (Å²) in [6.45, 7) is 8.03. The van der Waals surface area contributed by atoms with Crippen molar-refractivity contribution in [3.05, 3.63) is 35.4 Å². The molecule has 1 aromatic carbocycles.